The maximum Gasteiger partial charge on any atom is 0.251 e. The van der Waals surface area contributed by atoms with Crippen LogP contribution in [0, 0.1) is 6.92 Å². The van der Waals surface area contributed by atoms with Crippen LogP contribution in [0.2, 0.25) is 0 Å². The first kappa shape index (κ1) is 21.4. The lowest BCUT2D eigenvalue weighted by atomic mass is 10.1. The van der Waals surface area contributed by atoms with Gasteiger partial charge < -0.3 is 19.4 Å². The minimum atomic E-state index is -0.166. The molecule has 0 aliphatic heterocycles. The first-order valence-corrected chi connectivity index (χ1v) is 10.3. The highest BCUT2D eigenvalue weighted by Crippen LogP contribution is 2.30. The van der Waals surface area contributed by atoms with Crippen LogP contribution in [0.4, 0.5) is 0 Å². The van der Waals surface area contributed by atoms with E-state index >= 15 is 0 Å². The summed E-state index contributed by atoms with van der Waals surface area (Å²) in [4.78, 5) is 16.9. The number of carbonyl (C=O) groups is 1. The van der Waals surface area contributed by atoms with Gasteiger partial charge in [0.1, 0.15) is 5.82 Å². The summed E-state index contributed by atoms with van der Waals surface area (Å²) < 4.78 is 13.4. The van der Waals surface area contributed by atoms with E-state index in [-0.39, 0.29) is 11.9 Å². The Hall–Kier alpha value is -3.28. The fourth-order valence-electron chi connectivity index (χ4n) is 3.23. The largest absolute Gasteiger partial charge is 0.490 e. The Kier molecular flexibility index (Phi) is 7.12. The fourth-order valence-corrected chi connectivity index (χ4v) is 3.23. The molecule has 6 nitrogen and oxygen atoms in total. The maximum absolute atomic E-state index is 12.7. The number of amides is 1. The molecule has 0 aliphatic rings. The molecular weight excluding hydrogens is 378 g/mol. The van der Waals surface area contributed by atoms with Gasteiger partial charge in [0.25, 0.3) is 5.91 Å². The van der Waals surface area contributed by atoms with Gasteiger partial charge >= 0.3 is 0 Å². The van der Waals surface area contributed by atoms with Crippen LogP contribution in [0.3, 0.4) is 0 Å². The SMILES string of the molecule is CCOc1ccc([C@@H](C)NC(=O)c2ccc(Cn3ccnc3C)cc2)cc1OCC. The molecule has 0 radical (unpaired) electrons. The zero-order valence-corrected chi connectivity index (χ0v) is 18.0. The molecule has 0 spiro atoms. The van der Waals surface area contributed by atoms with Gasteiger partial charge in [-0.3, -0.25) is 4.79 Å². The molecule has 0 fully saturated rings. The Morgan fingerprint density at radius 2 is 1.77 bits per heavy atom. The van der Waals surface area contributed by atoms with E-state index in [0.29, 0.717) is 30.3 Å². The number of aromatic nitrogens is 2. The lowest BCUT2D eigenvalue weighted by molar-refractivity contribution is 0.0940. The molecule has 1 aromatic heterocycles. The van der Waals surface area contributed by atoms with E-state index in [1.807, 2.05) is 76.4 Å². The molecule has 0 aliphatic carbocycles. The molecule has 1 heterocycles. The number of hydrogen-bond donors (Lipinski definition) is 1. The molecule has 1 atom stereocenters. The average molecular weight is 408 g/mol. The number of aryl methyl sites for hydroxylation is 1. The van der Waals surface area contributed by atoms with Crippen molar-refractivity contribution < 1.29 is 14.3 Å². The van der Waals surface area contributed by atoms with Crippen molar-refractivity contribution in [2.45, 2.75) is 40.3 Å². The smallest absolute Gasteiger partial charge is 0.251 e. The number of benzene rings is 2. The van der Waals surface area contributed by atoms with Crippen LogP contribution in [0.25, 0.3) is 0 Å². The first-order chi connectivity index (χ1) is 14.5. The summed E-state index contributed by atoms with van der Waals surface area (Å²) in [7, 11) is 0. The highest BCUT2D eigenvalue weighted by atomic mass is 16.5. The fraction of sp³-hybridized carbons (Fsp3) is 0.333. The van der Waals surface area contributed by atoms with Crippen molar-refractivity contribution in [2.24, 2.45) is 0 Å². The van der Waals surface area contributed by atoms with Gasteiger partial charge in [0.05, 0.1) is 19.3 Å². The molecule has 2 aromatic carbocycles. The average Bonchev–Trinajstić information content (AvgIpc) is 3.14. The second-order valence-corrected chi connectivity index (χ2v) is 7.07. The van der Waals surface area contributed by atoms with Crippen LogP contribution < -0.4 is 14.8 Å². The lowest BCUT2D eigenvalue weighted by Crippen LogP contribution is -2.26. The topological polar surface area (TPSA) is 65.4 Å². The molecule has 3 aromatic rings. The van der Waals surface area contributed by atoms with Gasteiger partial charge in [0.15, 0.2) is 11.5 Å². The molecule has 3 rings (SSSR count). The van der Waals surface area contributed by atoms with Gasteiger partial charge in [-0.05, 0) is 63.1 Å². The molecule has 30 heavy (non-hydrogen) atoms. The molecule has 158 valence electrons. The molecule has 0 bridgehead atoms. The van der Waals surface area contributed by atoms with Gasteiger partial charge in [-0.2, -0.15) is 0 Å². The van der Waals surface area contributed by atoms with Gasteiger partial charge in [-0.25, -0.2) is 4.98 Å². The number of imidazole rings is 1. The van der Waals surface area contributed by atoms with Crippen LogP contribution in [0.5, 0.6) is 11.5 Å². The van der Waals surface area contributed by atoms with Gasteiger partial charge in [0.2, 0.25) is 0 Å². The summed E-state index contributed by atoms with van der Waals surface area (Å²) in [6.45, 7) is 9.66. The number of nitrogens with one attached hydrogen (secondary N) is 1. The van der Waals surface area contributed by atoms with E-state index < -0.39 is 0 Å². The number of hydrogen-bond acceptors (Lipinski definition) is 4. The van der Waals surface area contributed by atoms with Crippen molar-refractivity contribution in [1.82, 2.24) is 14.9 Å². The Morgan fingerprint density at radius 3 is 2.40 bits per heavy atom. The number of rotatable bonds is 9. The monoisotopic (exact) mass is 407 g/mol. The van der Waals surface area contributed by atoms with E-state index in [9.17, 15) is 4.79 Å². The normalized spacial score (nSPS) is 11.7. The summed E-state index contributed by atoms with van der Waals surface area (Å²) >= 11 is 0. The van der Waals surface area contributed by atoms with Crippen molar-refractivity contribution >= 4 is 5.91 Å². The second-order valence-electron chi connectivity index (χ2n) is 7.07. The highest BCUT2D eigenvalue weighted by molar-refractivity contribution is 5.94. The van der Waals surface area contributed by atoms with Gasteiger partial charge in [0, 0.05) is 24.5 Å². The Bertz CT molecular complexity index is 980. The van der Waals surface area contributed by atoms with E-state index in [1.54, 1.807) is 6.20 Å². The van der Waals surface area contributed by atoms with Crippen molar-refractivity contribution in [3.63, 3.8) is 0 Å². The summed E-state index contributed by atoms with van der Waals surface area (Å²) in [5.41, 5.74) is 2.71. The summed E-state index contributed by atoms with van der Waals surface area (Å²) in [6, 6.07) is 13.3. The summed E-state index contributed by atoms with van der Waals surface area (Å²) in [5, 5.41) is 3.06. The molecule has 0 saturated heterocycles. The van der Waals surface area contributed by atoms with Crippen LogP contribution in [-0.2, 0) is 6.54 Å². The third-order valence-electron chi connectivity index (χ3n) is 4.91. The predicted molar refractivity (Wildman–Crippen MR) is 117 cm³/mol. The minimum absolute atomic E-state index is 0.111. The van der Waals surface area contributed by atoms with Crippen LogP contribution >= 0.6 is 0 Å². The van der Waals surface area contributed by atoms with Gasteiger partial charge in [-0.1, -0.05) is 18.2 Å². The van der Waals surface area contributed by atoms with E-state index in [4.69, 9.17) is 9.47 Å². The van der Waals surface area contributed by atoms with E-state index in [0.717, 1.165) is 23.5 Å². The van der Waals surface area contributed by atoms with E-state index in [2.05, 4.69) is 14.9 Å². The van der Waals surface area contributed by atoms with Gasteiger partial charge in [-0.15, -0.1) is 0 Å². The molecule has 0 unspecified atom stereocenters. The maximum atomic E-state index is 12.7. The third-order valence-corrected chi connectivity index (χ3v) is 4.91. The molecule has 0 saturated carbocycles. The lowest BCUT2D eigenvalue weighted by Gasteiger charge is -2.17. The second kappa shape index (κ2) is 9.96. The number of nitrogens with zero attached hydrogens (tertiary/aromatic N) is 2. The third kappa shape index (κ3) is 5.20. The van der Waals surface area contributed by atoms with Crippen LogP contribution in [0.15, 0.2) is 54.9 Å². The first-order valence-electron chi connectivity index (χ1n) is 10.3. The molecule has 1 amide bonds. The zero-order chi connectivity index (χ0) is 21.5. The van der Waals surface area contributed by atoms with E-state index in [1.165, 1.54) is 0 Å². The highest BCUT2D eigenvalue weighted by Gasteiger charge is 2.14. The standard InChI is InChI=1S/C24H29N3O3/c1-5-29-22-12-11-21(15-23(22)30-6-2)17(3)26-24(28)20-9-7-19(8-10-20)16-27-14-13-25-18(27)4/h7-15,17H,5-6,16H2,1-4H3,(H,26,28)/t17-/m1/s1. The Balaban J connectivity index is 1.66. The van der Waals surface area contributed by atoms with Crippen molar-refractivity contribution in [1.29, 1.82) is 0 Å². The quantitative estimate of drug-likeness (QED) is 0.566. The summed E-state index contributed by atoms with van der Waals surface area (Å²) in [6.07, 6.45) is 3.74. The molecular formula is C24H29N3O3. The predicted octanol–water partition coefficient (Wildman–Crippen LogP) is 4.53. The summed E-state index contributed by atoms with van der Waals surface area (Å²) in [5.74, 6) is 2.26. The van der Waals surface area contributed by atoms with Crippen LogP contribution in [0.1, 0.15) is 54.1 Å². The number of carbonyl (C=O) groups excluding carboxylic acids is 1. The zero-order valence-electron chi connectivity index (χ0n) is 18.0. The molecule has 6 heteroatoms. The van der Waals surface area contributed by atoms with Crippen molar-refractivity contribution in [2.75, 3.05) is 13.2 Å². The van der Waals surface area contributed by atoms with Crippen LogP contribution in [-0.4, -0.2) is 28.7 Å². The van der Waals surface area contributed by atoms with Crippen molar-refractivity contribution in [3.05, 3.63) is 77.4 Å². The minimum Gasteiger partial charge on any atom is -0.490 e. The Labute approximate surface area is 177 Å². The number of ether oxygens (including phenoxy) is 2. The Morgan fingerprint density at radius 1 is 1.07 bits per heavy atom. The van der Waals surface area contributed by atoms with Crippen molar-refractivity contribution in [3.8, 4) is 11.5 Å². The molecule has 1 N–H and O–H groups in total.